The fraction of sp³-hybridized carbons (Fsp3) is 0.0222. The van der Waals surface area contributed by atoms with Gasteiger partial charge in [-0.2, -0.15) is 0 Å². The van der Waals surface area contributed by atoms with Gasteiger partial charge in [-0.25, -0.2) is 0 Å². The molecule has 2 aromatic heterocycles. The van der Waals surface area contributed by atoms with Gasteiger partial charge in [0.25, 0.3) is 0 Å². The molecule has 11 rings (SSSR count). The molecule has 2 nitrogen and oxygen atoms in total. The van der Waals surface area contributed by atoms with Crippen LogP contribution in [0.2, 0.25) is 0 Å². The SMILES string of the molecule is C=Cc1sc2c3c4c(cc2c1/C=C\C)N(c1cccc2ccccc12)c1c(ccc2ccccc12)B4n1c2ccccc2c2cccc-3c21. The van der Waals surface area contributed by atoms with Crippen LogP contribution in [0, 0.1) is 0 Å². The van der Waals surface area contributed by atoms with E-state index in [1.54, 1.807) is 0 Å². The lowest BCUT2D eigenvalue weighted by molar-refractivity contribution is 1.28. The van der Waals surface area contributed by atoms with E-state index in [4.69, 9.17) is 0 Å². The molecule has 0 spiro atoms. The molecule has 49 heavy (non-hydrogen) atoms. The highest BCUT2D eigenvalue weighted by atomic mass is 32.1. The number of hydrogen-bond donors (Lipinski definition) is 0. The molecule has 0 aliphatic carbocycles. The van der Waals surface area contributed by atoms with Crippen molar-refractivity contribution in [2.45, 2.75) is 6.92 Å². The maximum Gasteiger partial charge on any atom is 0.333 e. The Hall–Kier alpha value is -5.84. The van der Waals surface area contributed by atoms with Crippen molar-refractivity contribution >= 4 is 112 Å². The monoisotopic (exact) mass is 640 g/mol. The van der Waals surface area contributed by atoms with Crippen molar-refractivity contribution in [3.8, 4) is 11.1 Å². The van der Waals surface area contributed by atoms with Crippen LogP contribution in [0.1, 0.15) is 17.4 Å². The third-order valence-electron chi connectivity index (χ3n) is 10.8. The number of rotatable bonds is 3. The summed E-state index contributed by atoms with van der Waals surface area (Å²) < 4.78 is 3.98. The van der Waals surface area contributed by atoms with Crippen LogP contribution in [0.4, 0.5) is 17.1 Å². The van der Waals surface area contributed by atoms with Crippen LogP contribution in [0.25, 0.3) is 76.7 Å². The molecule has 0 amide bonds. The molecule has 0 saturated carbocycles. The number of benzene rings is 7. The third-order valence-corrected chi connectivity index (χ3v) is 12.0. The number of anilines is 3. The standard InChI is InChI=1S/C45H29BN2S/c1-3-13-32-35-26-39-42-41(45(35)49-40(32)4-2)34-21-12-20-33-31-19-9-10-22-38(31)48(43(33)34)46(42)36-25-24-28-15-6-8-18-30(28)44(36)47(39)37-23-11-16-27-14-5-7-17-29(27)37/h3-26H,2H2,1H3/b13-3-. The van der Waals surface area contributed by atoms with Gasteiger partial charge in [0, 0.05) is 69.9 Å². The molecule has 0 fully saturated rings. The van der Waals surface area contributed by atoms with Crippen LogP contribution in [0.3, 0.4) is 0 Å². The van der Waals surface area contributed by atoms with Gasteiger partial charge in [-0.3, -0.25) is 0 Å². The Bertz CT molecular complexity index is 2940. The summed E-state index contributed by atoms with van der Waals surface area (Å²) in [7, 11) is 0. The summed E-state index contributed by atoms with van der Waals surface area (Å²) in [6.45, 7) is 6.39. The van der Waals surface area contributed by atoms with Crippen LogP contribution >= 0.6 is 11.3 Å². The molecule has 4 heteroatoms. The van der Waals surface area contributed by atoms with Gasteiger partial charge in [0.1, 0.15) is 0 Å². The van der Waals surface area contributed by atoms with Gasteiger partial charge in [0.05, 0.1) is 11.4 Å². The lowest BCUT2D eigenvalue weighted by Gasteiger charge is -2.41. The quantitative estimate of drug-likeness (QED) is 0.175. The number of para-hydroxylation sites is 2. The second kappa shape index (κ2) is 9.85. The molecule has 9 aromatic rings. The van der Waals surface area contributed by atoms with E-state index in [9.17, 15) is 0 Å². The Kier molecular flexibility index (Phi) is 5.46. The zero-order valence-electron chi connectivity index (χ0n) is 26.9. The van der Waals surface area contributed by atoms with E-state index in [1.165, 1.54) is 103 Å². The summed E-state index contributed by atoms with van der Waals surface area (Å²) in [6.07, 6.45) is 6.46. The lowest BCUT2D eigenvalue weighted by Crippen LogP contribution is -2.56. The largest absolute Gasteiger partial charge is 0.375 e. The Morgan fingerprint density at radius 1 is 0.673 bits per heavy atom. The predicted octanol–water partition coefficient (Wildman–Crippen LogP) is 11.4. The molecule has 4 heterocycles. The Labute approximate surface area is 288 Å². The van der Waals surface area contributed by atoms with Gasteiger partial charge < -0.3 is 9.38 Å². The third kappa shape index (κ3) is 3.41. The van der Waals surface area contributed by atoms with E-state index in [-0.39, 0.29) is 6.85 Å². The molecule has 2 aliphatic rings. The maximum absolute atomic E-state index is 4.28. The molecule has 2 aliphatic heterocycles. The van der Waals surface area contributed by atoms with E-state index in [0.717, 1.165) is 0 Å². The van der Waals surface area contributed by atoms with E-state index in [2.05, 4.69) is 162 Å². The first-order chi connectivity index (χ1) is 24.3. The van der Waals surface area contributed by atoms with Gasteiger partial charge in [0.15, 0.2) is 0 Å². The number of fused-ring (bicyclic) bond motifs is 12. The molecule has 0 unspecified atom stereocenters. The molecular weight excluding hydrogens is 611 g/mol. The first-order valence-electron chi connectivity index (χ1n) is 17.0. The van der Waals surface area contributed by atoms with E-state index in [0.29, 0.717) is 0 Å². The number of hydrogen-bond acceptors (Lipinski definition) is 2. The smallest absolute Gasteiger partial charge is 0.333 e. The summed E-state index contributed by atoms with van der Waals surface area (Å²) in [6, 6.07) is 47.6. The zero-order valence-corrected chi connectivity index (χ0v) is 27.8. The van der Waals surface area contributed by atoms with Crippen molar-refractivity contribution in [1.82, 2.24) is 4.48 Å². The van der Waals surface area contributed by atoms with Crippen LogP contribution < -0.4 is 15.8 Å². The molecule has 228 valence electrons. The first kappa shape index (κ1) is 27.2. The summed E-state index contributed by atoms with van der Waals surface area (Å²) in [5, 5.41) is 8.88. The van der Waals surface area contributed by atoms with Gasteiger partial charge >= 0.3 is 6.85 Å². The van der Waals surface area contributed by atoms with Gasteiger partial charge in [-0.15, -0.1) is 11.3 Å². The summed E-state index contributed by atoms with van der Waals surface area (Å²) >= 11 is 1.88. The van der Waals surface area contributed by atoms with Crippen LogP contribution in [0.5, 0.6) is 0 Å². The van der Waals surface area contributed by atoms with Crippen molar-refractivity contribution in [3.05, 3.63) is 150 Å². The van der Waals surface area contributed by atoms with Crippen molar-refractivity contribution in [2.24, 2.45) is 0 Å². The zero-order chi connectivity index (χ0) is 32.4. The molecule has 0 bridgehead atoms. The van der Waals surface area contributed by atoms with E-state index >= 15 is 0 Å². The van der Waals surface area contributed by atoms with Crippen LogP contribution in [0.15, 0.2) is 140 Å². The normalized spacial score (nSPS) is 13.3. The molecular formula is C45H29BN2S. The van der Waals surface area contributed by atoms with Crippen LogP contribution in [-0.2, 0) is 0 Å². The molecule has 0 atom stereocenters. The molecule has 0 radical (unpaired) electrons. The fourth-order valence-corrected chi connectivity index (χ4v) is 10.1. The van der Waals surface area contributed by atoms with Crippen molar-refractivity contribution in [2.75, 3.05) is 4.90 Å². The highest BCUT2D eigenvalue weighted by Gasteiger charge is 2.44. The first-order valence-corrected chi connectivity index (χ1v) is 17.8. The molecule has 0 saturated heterocycles. The number of thiophene rings is 1. The van der Waals surface area contributed by atoms with Gasteiger partial charge in [-0.05, 0) is 46.8 Å². The summed E-state index contributed by atoms with van der Waals surface area (Å²) in [5.41, 5.74) is 12.9. The van der Waals surface area contributed by atoms with E-state index in [1.807, 2.05) is 17.4 Å². The Morgan fingerprint density at radius 3 is 2.22 bits per heavy atom. The highest BCUT2D eigenvalue weighted by molar-refractivity contribution is 7.21. The average Bonchev–Trinajstić information content (AvgIpc) is 3.68. The topological polar surface area (TPSA) is 8.17 Å². The average molecular weight is 641 g/mol. The highest BCUT2D eigenvalue weighted by Crippen LogP contribution is 2.52. The molecule has 0 N–H and O–H groups in total. The second-order valence-electron chi connectivity index (χ2n) is 13.2. The minimum absolute atomic E-state index is 0.00280. The number of aromatic nitrogens is 1. The van der Waals surface area contributed by atoms with Gasteiger partial charge in [0.2, 0.25) is 0 Å². The fourth-order valence-electron chi connectivity index (χ4n) is 8.95. The van der Waals surface area contributed by atoms with Crippen molar-refractivity contribution in [1.29, 1.82) is 0 Å². The Morgan fingerprint density at radius 2 is 1.39 bits per heavy atom. The minimum atomic E-state index is -0.00280. The van der Waals surface area contributed by atoms with Crippen LogP contribution in [-0.4, -0.2) is 11.3 Å². The summed E-state index contributed by atoms with van der Waals surface area (Å²) in [4.78, 5) is 3.80. The Balaban J connectivity index is 1.42. The van der Waals surface area contributed by atoms with Crippen molar-refractivity contribution in [3.63, 3.8) is 0 Å². The minimum Gasteiger partial charge on any atom is -0.375 e. The lowest BCUT2D eigenvalue weighted by atomic mass is 9.45. The molecule has 7 aromatic carbocycles. The number of nitrogens with zero attached hydrogens (tertiary/aromatic N) is 2. The maximum atomic E-state index is 4.28. The second-order valence-corrected chi connectivity index (χ2v) is 14.2. The number of allylic oxidation sites excluding steroid dienone is 1. The van der Waals surface area contributed by atoms with Gasteiger partial charge in [-0.1, -0.05) is 134 Å². The predicted molar refractivity (Wildman–Crippen MR) is 215 cm³/mol. The summed E-state index contributed by atoms with van der Waals surface area (Å²) in [5.74, 6) is 0. The van der Waals surface area contributed by atoms with Crippen molar-refractivity contribution < 1.29 is 0 Å². The van der Waals surface area contributed by atoms with E-state index < -0.39 is 0 Å².